The average Bonchev–Trinajstić information content (AvgIpc) is 2.21. The molecule has 0 aromatic carbocycles. The SMILES string of the molecule is CCC(CCCC(CC)C(C)C)CC(C)C. The molecule has 0 heterocycles. The van der Waals surface area contributed by atoms with Gasteiger partial charge in [0.25, 0.3) is 0 Å². The van der Waals surface area contributed by atoms with Crippen LogP contribution in [0.4, 0.5) is 0 Å². The minimum atomic E-state index is 0.871. The molecule has 0 spiro atoms. The van der Waals surface area contributed by atoms with Crippen LogP contribution in [0, 0.1) is 23.7 Å². The second-order valence-corrected chi connectivity index (χ2v) is 6.25. The van der Waals surface area contributed by atoms with Gasteiger partial charge in [-0.1, -0.05) is 73.6 Å². The second kappa shape index (κ2) is 9.07. The highest BCUT2D eigenvalue weighted by Gasteiger charge is 2.13. The first-order chi connectivity index (χ1) is 7.51. The molecular weight excluding hydrogens is 192 g/mol. The van der Waals surface area contributed by atoms with Crippen LogP contribution in [0.2, 0.25) is 0 Å². The fraction of sp³-hybridized carbons (Fsp3) is 1.00. The Morgan fingerprint density at radius 3 is 1.81 bits per heavy atom. The van der Waals surface area contributed by atoms with E-state index in [9.17, 15) is 0 Å². The fourth-order valence-corrected chi connectivity index (χ4v) is 2.83. The van der Waals surface area contributed by atoms with Crippen LogP contribution in [0.15, 0.2) is 0 Å². The summed E-state index contributed by atoms with van der Waals surface area (Å²) in [7, 11) is 0. The first-order valence-corrected chi connectivity index (χ1v) is 7.51. The standard InChI is InChI=1S/C16H34/c1-7-15(12-13(3)4)10-9-11-16(8-2)14(5)6/h13-16H,7-12H2,1-6H3. The minimum Gasteiger partial charge on any atom is -0.0651 e. The van der Waals surface area contributed by atoms with Crippen molar-refractivity contribution in [3.63, 3.8) is 0 Å². The van der Waals surface area contributed by atoms with Crippen molar-refractivity contribution in [3.8, 4) is 0 Å². The van der Waals surface area contributed by atoms with Crippen LogP contribution in [0.5, 0.6) is 0 Å². The van der Waals surface area contributed by atoms with Crippen LogP contribution >= 0.6 is 0 Å². The Balaban J connectivity index is 3.76. The third-order valence-corrected chi connectivity index (χ3v) is 4.04. The third kappa shape index (κ3) is 7.30. The van der Waals surface area contributed by atoms with Crippen LogP contribution in [-0.4, -0.2) is 0 Å². The van der Waals surface area contributed by atoms with Gasteiger partial charge in [0.05, 0.1) is 0 Å². The lowest BCUT2D eigenvalue weighted by Gasteiger charge is -2.21. The van der Waals surface area contributed by atoms with Crippen molar-refractivity contribution in [1.82, 2.24) is 0 Å². The summed E-state index contributed by atoms with van der Waals surface area (Å²) in [5, 5.41) is 0. The summed E-state index contributed by atoms with van der Waals surface area (Å²) in [6, 6.07) is 0. The Labute approximate surface area is 104 Å². The smallest absolute Gasteiger partial charge is 0.0394 e. The molecule has 2 unspecified atom stereocenters. The van der Waals surface area contributed by atoms with Gasteiger partial charge in [-0.2, -0.15) is 0 Å². The number of hydrogen-bond acceptors (Lipinski definition) is 0. The molecule has 0 fully saturated rings. The highest BCUT2D eigenvalue weighted by atomic mass is 14.2. The highest BCUT2D eigenvalue weighted by molar-refractivity contribution is 4.65. The Morgan fingerprint density at radius 1 is 0.812 bits per heavy atom. The average molecular weight is 226 g/mol. The van der Waals surface area contributed by atoms with E-state index in [-0.39, 0.29) is 0 Å². The third-order valence-electron chi connectivity index (χ3n) is 4.04. The molecule has 0 heteroatoms. The first kappa shape index (κ1) is 16.0. The highest BCUT2D eigenvalue weighted by Crippen LogP contribution is 2.26. The van der Waals surface area contributed by atoms with E-state index >= 15 is 0 Å². The maximum atomic E-state index is 2.37. The molecule has 0 radical (unpaired) electrons. The lowest BCUT2D eigenvalue weighted by atomic mass is 9.85. The van der Waals surface area contributed by atoms with E-state index in [1.807, 2.05) is 0 Å². The monoisotopic (exact) mass is 226 g/mol. The van der Waals surface area contributed by atoms with Crippen molar-refractivity contribution < 1.29 is 0 Å². The maximum Gasteiger partial charge on any atom is -0.0394 e. The molecular formula is C16H34. The summed E-state index contributed by atoms with van der Waals surface area (Å²) >= 11 is 0. The van der Waals surface area contributed by atoms with Crippen molar-refractivity contribution in [2.24, 2.45) is 23.7 Å². The Kier molecular flexibility index (Phi) is 9.07. The summed E-state index contributed by atoms with van der Waals surface area (Å²) in [5.74, 6) is 3.67. The van der Waals surface area contributed by atoms with E-state index in [0.717, 1.165) is 23.7 Å². The van der Waals surface area contributed by atoms with Crippen molar-refractivity contribution in [2.45, 2.75) is 80.1 Å². The Hall–Kier alpha value is 0. The van der Waals surface area contributed by atoms with Crippen molar-refractivity contribution in [3.05, 3.63) is 0 Å². The van der Waals surface area contributed by atoms with E-state index in [0.29, 0.717) is 0 Å². The molecule has 0 saturated heterocycles. The molecule has 0 saturated carbocycles. The normalized spacial score (nSPS) is 15.8. The van der Waals surface area contributed by atoms with Gasteiger partial charge in [-0.25, -0.2) is 0 Å². The molecule has 0 N–H and O–H groups in total. The zero-order valence-electron chi connectivity index (χ0n) is 12.6. The van der Waals surface area contributed by atoms with E-state index in [1.165, 1.54) is 38.5 Å². The predicted octanol–water partition coefficient (Wildman–Crippen LogP) is 5.91. The predicted molar refractivity (Wildman–Crippen MR) is 75.7 cm³/mol. The zero-order chi connectivity index (χ0) is 12.6. The first-order valence-electron chi connectivity index (χ1n) is 7.51. The second-order valence-electron chi connectivity index (χ2n) is 6.25. The molecule has 0 aliphatic carbocycles. The van der Waals surface area contributed by atoms with E-state index in [4.69, 9.17) is 0 Å². The lowest BCUT2D eigenvalue weighted by Crippen LogP contribution is -2.09. The van der Waals surface area contributed by atoms with E-state index < -0.39 is 0 Å². The van der Waals surface area contributed by atoms with Gasteiger partial charge in [-0.05, 0) is 30.1 Å². The molecule has 0 aliphatic heterocycles. The molecule has 98 valence electrons. The lowest BCUT2D eigenvalue weighted by molar-refractivity contribution is 0.305. The van der Waals surface area contributed by atoms with Crippen LogP contribution in [0.25, 0.3) is 0 Å². The van der Waals surface area contributed by atoms with Gasteiger partial charge in [0.2, 0.25) is 0 Å². The molecule has 2 atom stereocenters. The van der Waals surface area contributed by atoms with Crippen molar-refractivity contribution in [1.29, 1.82) is 0 Å². The zero-order valence-corrected chi connectivity index (χ0v) is 12.6. The van der Waals surface area contributed by atoms with Gasteiger partial charge >= 0.3 is 0 Å². The van der Waals surface area contributed by atoms with Gasteiger partial charge in [-0.15, -0.1) is 0 Å². The molecule has 0 aliphatic rings. The van der Waals surface area contributed by atoms with Crippen LogP contribution < -0.4 is 0 Å². The van der Waals surface area contributed by atoms with Crippen LogP contribution in [-0.2, 0) is 0 Å². The molecule has 0 bridgehead atoms. The molecule has 0 rings (SSSR count). The van der Waals surface area contributed by atoms with Crippen LogP contribution in [0.1, 0.15) is 80.1 Å². The summed E-state index contributed by atoms with van der Waals surface area (Å²) in [6.07, 6.45) is 8.51. The number of rotatable bonds is 9. The minimum absolute atomic E-state index is 0.871. The van der Waals surface area contributed by atoms with Crippen molar-refractivity contribution >= 4 is 0 Å². The molecule has 0 nitrogen and oxygen atoms in total. The summed E-state index contributed by atoms with van der Waals surface area (Å²) in [5.41, 5.74) is 0. The van der Waals surface area contributed by atoms with Crippen LogP contribution in [0.3, 0.4) is 0 Å². The molecule has 0 aromatic heterocycles. The number of hydrogen-bond donors (Lipinski definition) is 0. The van der Waals surface area contributed by atoms with E-state index in [1.54, 1.807) is 0 Å². The van der Waals surface area contributed by atoms with Gasteiger partial charge in [0, 0.05) is 0 Å². The Bertz CT molecular complexity index is 146. The largest absolute Gasteiger partial charge is 0.0651 e. The molecule has 0 aromatic rings. The summed E-state index contributed by atoms with van der Waals surface area (Å²) in [4.78, 5) is 0. The quantitative estimate of drug-likeness (QED) is 0.458. The molecule has 0 amide bonds. The van der Waals surface area contributed by atoms with Crippen molar-refractivity contribution in [2.75, 3.05) is 0 Å². The topological polar surface area (TPSA) is 0 Å². The van der Waals surface area contributed by atoms with Gasteiger partial charge in [-0.3, -0.25) is 0 Å². The van der Waals surface area contributed by atoms with E-state index in [2.05, 4.69) is 41.5 Å². The molecule has 16 heavy (non-hydrogen) atoms. The summed E-state index contributed by atoms with van der Waals surface area (Å²) in [6.45, 7) is 14.2. The van der Waals surface area contributed by atoms with Gasteiger partial charge in [0.1, 0.15) is 0 Å². The van der Waals surface area contributed by atoms with Gasteiger partial charge in [0.15, 0.2) is 0 Å². The fourth-order valence-electron chi connectivity index (χ4n) is 2.83. The maximum absolute atomic E-state index is 2.37. The Morgan fingerprint density at radius 2 is 1.44 bits per heavy atom. The summed E-state index contributed by atoms with van der Waals surface area (Å²) < 4.78 is 0. The van der Waals surface area contributed by atoms with Gasteiger partial charge < -0.3 is 0 Å².